The second-order valence-corrected chi connectivity index (χ2v) is 14.9. The van der Waals surface area contributed by atoms with Crippen LogP contribution >= 0.6 is 11.3 Å². The Balaban J connectivity index is 1.09. The minimum Gasteiger partial charge on any atom is -0.354 e. The standard InChI is InChI=1S/C51H34N4S/c52-49(47(35-19-8-3-9-20-35)50-39-22-11-10-21-38(39)31-42(53-50)33-15-4-1-5-16-33)36-27-29-37(30-28-36)51-54-43(34-17-6-2-7-18-34)32-44(55-51)40-24-14-26-46-48(40)41-23-12-13-25-45(41)56-46/h1-32,52-53H/b50-47-,52-49?. The fourth-order valence-corrected chi connectivity index (χ4v) is 8.75. The number of nitrogens with zero attached hydrogens (tertiary/aromatic N) is 2. The summed E-state index contributed by atoms with van der Waals surface area (Å²) in [5.41, 5.74) is 12.9. The predicted molar refractivity (Wildman–Crippen MR) is 235 cm³/mol. The lowest BCUT2D eigenvalue weighted by atomic mass is 9.88. The van der Waals surface area contributed by atoms with E-state index in [0.29, 0.717) is 11.5 Å². The Bertz CT molecular complexity index is 2980. The molecule has 0 saturated heterocycles. The van der Waals surface area contributed by atoms with Crippen molar-refractivity contribution in [2.45, 2.75) is 0 Å². The van der Waals surface area contributed by atoms with E-state index in [2.05, 4.69) is 133 Å². The van der Waals surface area contributed by atoms with E-state index in [1.807, 2.05) is 78.1 Å². The average molecular weight is 735 g/mol. The highest BCUT2D eigenvalue weighted by Gasteiger charge is 2.24. The summed E-state index contributed by atoms with van der Waals surface area (Å²) in [6.45, 7) is 0. The van der Waals surface area contributed by atoms with Crippen LogP contribution in [0.2, 0.25) is 0 Å². The van der Waals surface area contributed by atoms with Crippen molar-refractivity contribution in [3.8, 4) is 33.9 Å². The van der Waals surface area contributed by atoms with Crippen molar-refractivity contribution >= 4 is 60.3 Å². The van der Waals surface area contributed by atoms with Crippen molar-refractivity contribution in [1.29, 1.82) is 5.41 Å². The number of thiophene rings is 1. The number of rotatable bonds is 7. The lowest BCUT2D eigenvalue weighted by Gasteiger charge is -2.26. The zero-order chi connectivity index (χ0) is 37.4. The molecule has 0 radical (unpaired) electrons. The maximum absolute atomic E-state index is 9.82. The molecule has 10 rings (SSSR count). The summed E-state index contributed by atoms with van der Waals surface area (Å²) in [6.07, 6.45) is 2.19. The molecule has 0 aliphatic carbocycles. The second kappa shape index (κ2) is 14.2. The number of nitrogens with one attached hydrogen (secondary N) is 2. The van der Waals surface area contributed by atoms with Gasteiger partial charge in [0.1, 0.15) is 0 Å². The van der Waals surface area contributed by atoms with Crippen LogP contribution in [0.5, 0.6) is 0 Å². The van der Waals surface area contributed by atoms with Gasteiger partial charge in [-0.05, 0) is 41.0 Å². The van der Waals surface area contributed by atoms with Gasteiger partial charge in [-0.25, -0.2) is 9.97 Å². The number of benzene rings is 7. The first-order valence-corrected chi connectivity index (χ1v) is 19.5. The predicted octanol–water partition coefficient (Wildman–Crippen LogP) is 12.9. The van der Waals surface area contributed by atoms with Crippen LogP contribution in [-0.4, -0.2) is 15.7 Å². The van der Waals surface area contributed by atoms with E-state index < -0.39 is 0 Å². The Morgan fingerprint density at radius 1 is 0.500 bits per heavy atom. The second-order valence-electron chi connectivity index (χ2n) is 13.8. The molecular weight excluding hydrogens is 701 g/mol. The molecule has 264 valence electrons. The molecule has 0 unspecified atom stereocenters. The molecule has 4 nitrogen and oxygen atoms in total. The third-order valence-electron chi connectivity index (χ3n) is 10.3. The molecule has 3 heterocycles. The highest BCUT2D eigenvalue weighted by atomic mass is 32.1. The first kappa shape index (κ1) is 33.4. The van der Waals surface area contributed by atoms with Crippen molar-refractivity contribution in [3.05, 3.63) is 216 Å². The summed E-state index contributed by atoms with van der Waals surface area (Å²) in [4.78, 5) is 10.4. The van der Waals surface area contributed by atoms with Crippen LogP contribution in [0.1, 0.15) is 27.8 Å². The molecule has 0 saturated carbocycles. The third kappa shape index (κ3) is 6.10. The lowest BCUT2D eigenvalue weighted by Crippen LogP contribution is -2.20. The monoisotopic (exact) mass is 734 g/mol. The summed E-state index contributed by atoms with van der Waals surface area (Å²) < 4.78 is 2.49. The van der Waals surface area contributed by atoms with Gasteiger partial charge in [0.25, 0.3) is 0 Å². The molecule has 1 aliphatic rings. The minimum atomic E-state index is 0.421. The molecule has 7 aromatic carbocycles. The molecule has 0 spiro atoms. The zero-order valence-corrected chi connectivity index (χ0v) is 31.1. The van der Waals surface area contributed by atoms with E-state index >= 15 is 0 Å². The van der Waals surface area contributed by atoms with Crippen molar-refractivity contribution in [1.82, 2.24) is 15.3 Å². The van der Waals surface area contributed by atoms with Gasteiger partial charge in [-0.1, -0.05) is 170 Å². The topological polar surface area (TPSA) is 61.7 Å². The SMILES string of the molecule is N=C(/C(=C1\NC(c2ccccc2)=Cc2ccccc21)c1ccccc1)c1ccc(-c2nc(-c3ccccc3)cc(-c3cccc4sc5ccccc5c34)n2)cc1. The highest BCUT2D eigenvalue weighted by Crippen LogP contribution is 2.41. The number of hydrogen-bond donors (Lipinski definition) is 2. The summed E-state index contributed by atoms with van der Waals surface area (Å²) in [5.74, 6) is 0.637. The van der Waals surface area contributed by atoms with Crippen molar-refractivity contribution in [3.63, 3.8) is 0 Å². The van der Waals surface area contributed by atoms with Gasteiger partial charge in [0, 0.05) is 59.3 Å². The van der Waals surface area contributed by atoms with E-state index in [-0.39, 0.29) is 0 Å². The molecule has 5 heteroatoms. The van der Waals surface area contributed by atoms with Crippen LogP contribution in [0.3, 0.4) is 0 Å². The fraction of sp³-hybridized carbons (Fsp3) is 0. The van der Waals surface area contributed by atoms with Gasteiger partial charge >= 0.3 is 0 Å². The molecular formula is C51H34N4S. The van der Waals surface area contributed by atoms with Crippen LogP contribution in [0.15, 0.2) is 188 Å². The zero-order valence-electron chi connectivity index (χ0n) is 30.3. The number of aromatic nitrogens is 2. The van der Waals surface area contributed by atoms with Gasteiger partial charge in [-0.15, -0.1) is 11.3 Å². The molecule has 0 fully saturated rings. The molecule has 1 aliphatic heterocycles. The number of allylic oxidation sites excluding steroid dienone is 1. The van der Waals surface area contributed by atoms with Crippen LogP contribution < -0.4 is 5.32 Å². The Kier molecular flexibility index (Phi) is 8.47. The van der Waals surface area contributed by atoms with Gasteiger partial charge in [0.05, 0.1) is 22.8 Å². The summed E-state index contributed by atoms with van der Waals surface area (Å²) in [5, 5.41) is 16.0. The molecule has 0 atom stereocenters. The minimum absolute atomic E-state index is 0.421. The van der Waals surface area contributed by atoms with Gasteiger partial charge in [-0.2, -0.15) is 0 Å². The first-order valence-electron chi connectivity index (χ1n) is 18.7. The van der Waals surface area contributed by atoms with Crippen LogP contribution in [-0.2, 0) is 0 Å². The molecule has 9 aromatic rings. The Labute approximate surface area is 329 Å². The number of hydrogen-bond acceptors (Lipinski definition) is 5. The molecule has 2 N–H and O–H groups in total. The van der Waals surface area contributed by atoms with E-state index in [9.17, 15) is 5.41 Å². The first-order chi connectivity index (χ1) is 27.7. The van der Waals surface area contributed by atoms with Crippen molar-refractivity contribution in [2.75, 3.05) is 0 Å². The van der Waals surface area contributed by atoms with Gasteiger partial charge < -0.3 is 5.32 Å². The quantitative estimate of drug-likeness (QED) is 0.160. The normalized spacial score (nSPS) is 13.2. The van der Waals surface area contributed by atoms with E-state index in [0.717, 1.165) is 72.9 Å². The largest absolute Gasteiger partial charge is 0.354 e. The maximum Gasteiger partial charge on any atom is 0.160 e. The fourth-order valence-electron chi connectivity index (χ4n) is 7.62. The van der Waals surface area contributed by atoms with Crippen LogP contribution in [0.4, 0.5) is 0 Å². The van der Waals surface area contributed by atoms with E-state index in [1.54, 1.807) is 0 Å². The average Bonchev–Trinajstić information content (AvgIpc) is 3.66. The maximum atomic E-state index is 9.82. The van der Waals surface area contributed by atoms with Crippen molar-refractivity contribution in [2.24, 2.45) is 0 Å². The van der Waals surface area contributed by atoms with E-state index in [4.69, 9.17) is 9.97 Å². The van der Waals surface area contributed by atoms with Crippen LogP contribution in [0.25, 0.3) is 77.1 Å². The van der Waals surface area contributed by atoms with Gasteiger partial charge in [0.15, 0.2) is 5.82 Å². The summed E-state index contributed by atoms with van der Waals surface area (Å²) >= 11 is 1.81. The van der Waals surface area contributed by atoms with Crippen LogP contribution in [0, 0.1) is 5.41 Å². The molecule has 2 aromatic heterocycles. The van der Waals surface area contributed by atoms with Crippen molar-refractivity contribution < 1.29 is 0 Å². The smallest absolute Gasteiger partial charge is 0.160 e. The Hall–Kier alpha value is -7.21. The molecule has 56 heavy (non-hydrogen) atoms. The van der Waals surface area contributed by atoms with Gasteiger partial charge in [-0.3, -0.25) is 5.41 Å². The Morgan fingerprint density at radius 3 is 1.91 bits per heavy atom. The molecule has 0 amide bonds. The summed E-state index contributed by atoms with van der Waals surface area (Å²) in [7, 11) is 0. The van der Waals surface area contributed by atoms with E-state index in [1.165, 1.54) is 20.2 Å². The lowest BCUT2D eigenvalue weighted by molar-refractivity contribution is 1.18. The summed E-state index contributed by atoms with van der Waals surface area (Å²) in [6, 6.07) is 64.6. The number of fused-ring (bicyclic) bond motifs is 4. The highest BCUT2D eigenvalue weighted by molar-refractivity contribution is 7.25. The Morgan fingerprint density at radius 2 is 1.12 bits per heavy atom. The third-order valence-corrected chi connectivity index (χ3v) is 11.5. The molecule has 0 bridgehead atoms. The van der Waals surface area contributed by atoms with Gasteiger partial charge in [0.2, 0.25) is 0 Å².